The van der Waals surface area contributed by atoms with Gasteiger partial charge in [0.15, 0.2) is 6.54 Å². The average Bonchev–Trinajstić information content (AvgIpc) is 2.24. The van der Waals surface area contributed by atoms with Gasteiger partial charge in [0.1, 0.15) is 0 Å². The topological polar surface area (TPSA) is 98.4 Å². The molecule has 0 unspecified atom stereocenters. The Kier molecular flexibility index (Phi) is 4.19. The second-order valence-corrected chi connectivity index (χ2v) is 4.84. The highest BCUT2D eigenvalue weighted by Gasteiger charge is 2.21. The lowest BCUT2D eigenvalue weighted by molar-refractivity contribution is -0.409. The summed E-state index contributed by atoms with van der Waals surface area (Å²) < 4.78 is 0. The summed E-state index contributed by atoms with van der Waals surface area (Å²) in [7, 11) is 0. The molecule has 18 heavy (non-hydrogen) atoms. The van der Waals surface area contributed by atoms with Gasteiger partial charge in [0.2, 0.25) is 0 Å². The number of pyridine rings is 1. The number of rotatable bonds is 4. The molecule has 0 radical (unpaired) electrons. The van der Waals surface area contributed by atoms with Crippen LogP contribution in [0, 0.1) is 10.1 Å². The maximum absolute atomic E-state index is 11.6. The molecule has 3 N–H and O–H groups in total. The third-order valence-electron chi connectivity index (χ3n) is 1.97. The molecule has 1 aromatic rings. The monoisotopic (exact) mass is 253 g/mol. The van der Waals surface area contributed by atoms with E-state index in [9.17, 15) is 14.9 Å². The number of aromatic amines is 1. The normalized spacial score (nSPS) is 10.8. The van der Waals surface area contributed by atoms with Gasteiger partial charge in [-0.25, -0.2) is 4.98 Å². The quantitative estimate of drug-likeness (QED) is 0.610. The summed E-state index contributed by atoms with van der Waals surface area (Å²) in [6.45, 7) is 5.56. The molecule has 0 saturated heterocycles. The van der Waals surface area contributed by atoms with Gasteiger partial charge in [-0.3, -0.25) is 20.2 Å². The van der Waals surface area contributed by atoms with Gasteiger partial charge in [0.05, 0.1) is 11.1 Å². The lowest BCUT2D eigenvalue weighted by Crippen LogP contribution is -2.43. The number of hydrogen-bond donors (Lipinski definition) is 2. The van der Waals surface area contributed by atoms with Gasteiger partial charge in [0.25, 0.3) is 5.91 Å². The Morgan fingerprint density at radius 1 is 1.50 bits per heavy atom. The standard InChI is InChI=1S/C11H16N4O3/c1-11(2,3)14-9(16)7-13-10-8(15(17)18)5-4-6-12-10/h4-6H,7H2,1-3H3,(H,12,13)(H,14,16)/p+1. The molecule has 1 amide bonds. The van der Waals surface area contributed by atoms with Crippen molar-refractivity contribution in [3.63, 3.8) is 0 Å². The van der Waals surface area contributed by atoms with E-state index in [2.05, 4.69) is 15.6 Å². The van der Waals surface area contributed by atoms with Crippen molar-refractivity contribution in [3.05, 3.63) is 28.4 Å². The van der Waals surface area contributed by atoms with Gasteiger partial charge in [-0.15, -0.1) is 0 Å². The Bertz CT molecular complexity index is 454. The van der Waals surface area contributed by atoms with E-state index in [-0.39, 0.29) is 29.5 Å². The highest BCUT2D eigenvalue weighted by molar-refractivity contribution is 5.81. The summed E-state index contributed by atoms with van der Waals surface area (Å²) in [5.74, 6) is -0.0133. The maximum Gasteiger partial charge on any atom is 0.357 e. The zero-order valence-corrected chi connectivity index (χ0v) is 10.6. The SMILES string of the molecule is CC(C)(C)NC(=O)CNc1[nH+]cccc1[N+](=O)[O-]. The van der Waals surface area contributed by atoms with Crippen LogP contribution in [0.3, 0.4) is 0 Å². The number of amides is 1. The van der Waals surface area contributed by atoms with Crippen molar-refractivity contribution in [1.82, 2.24) is 5.32 Å². The molecule has 1 aromatic heterocycles. The second kappa shape index (κ2) is 5.44. The molecule has 0 atom stereocenters. The molecule has 0 aromatic carbocycles. The van der Waals surface area contributed by atoms with Crippen LogP contribution < -0.4 is 15.6 Å². The first-order chi connectivity index (χ1) is 8.29. The molecule has 0 spiro atoms. The molecule has 0 bridgehead atoms. The van der Waals surface area contributed by atoms with Crippen molar-refractivity contribution in [2.45, 2.75) is 26.3 Å². The van der Waals surface area contributed by atoms with Gasteiger partial charge in [-0.2, -0.15) is 0 Å². The molecule has 7 nitrogen and oxygen atoms in total. The van der Waals surface area contributed by atoms with E-state index in [1.54, 1.807) is 6.20 Å². The third-order valence-corrected chi connectivity index (χ3v) is 1.97. The third kappa shape index (κ3) is 4.36. The fourth-order valence-electron chi connectivity index (χ4n) is 1.35. The van der Waals surface area contributed by atoms with E-state index in [1.165, 1.54) is 12.1 Å². The van der Waals surface area contributed by atoms with Crippen LogP contribution in [-0.4, -0.2) is 22.9 Å². The Morgan fingerprint density at radius 2 is 2.17 bits per heavy atom. The number of hydrogen-bond acceptors (Lipinski definition) is 4. The molecule has 98 valence electrons. The van der Waals surface area contributed by atoms with Crippen molar-refractivity contribution in [1.29, 1.82) is 0 Å². The predicted octanol–water partition coefficient (Wildman–Crippen LogP) is 0.736. The summed E-state index contributed by atoms with van der Waals surface area (Å²) in [6, 6.07) is 2.89. The van der Waals surface area contributed by atoms with Gasteiger partial charge in [-0.05, 0) is 26.8 Å². The Balaban J connectivity index is 2.64. The first-order valence-corrected chi connectivity index (χ1v) is 5.49. The number of aromatic nitrogens is 1. The van der Waals surface area contributed by atoms with Gasteiger partial charge >= 0.3 is 11.5 Å². The number of carbonyl (C=O) groups is 1. The fourth-order valence-corrected chi connectivity index (χ4v) is 1.35. The molecule has 1 rings (SSSR count). The maximum atomic E-state index is 11.6. The number of anilines is 1. The summed E-state index contributed by atoms with van der Waals surface area (Å²) in [4.78, 5) is 24.5. The zero-order chi connectivity index (χ0) is 13.8. The minimum atomic E-state index is -0.513. The minimum Gasteiger partial charge on any atom is -0.348 e. The van der Waals surface area contributed by atoms with Gasteiger partial charge in [0, 0.05) is 11.6 Å². The van der Waals surface area contributed by atoms with E-state index in [4.69, 9.17) is 0 Å². The fraction of sp³-hybridized carbons (Fsp3) is 0.455. The van der Waals surface area contributed by atoms with Crippen molar-refractivity contribution < 1.29 is 14.7 Å². The predicted molar refractivity (Wildman–Crippen MR) is 66.0 cm³/mol. The Labute approximate surface area is 105 Å². The lowest BCUT2D eigenvalue weighted by Gasteiger charge is -2.19. The zero-order valence-electron chi connectivity index (χ0n) is 10.6. The largest absolute Gasteiger partial charge is 0.357 e. The van der Waals surface area contributed by atoms with E-state index in [1.807, 2.05) is 20.8 Å². The smallest absolute Gasteiger partial charge is 0.348 e. The Morgan fingerprint density at radius 3 is 2.72 bits per heavy atom. The molecule has 0 saturated carbocycles. The first kappa shape index (κ1) is 13.9. The van der Waals surface area contributed by atoms with Crippen LogP contribution in [0.2, 0.25) is 0 Å². The summed E-state index contributed by atoms with van der Waals surface area (Å²) in [6.07, 6.45) is 1.55. The highest BCUT2D eigenvalue weighted by Crippen LogP contribution is 2.16. The Hall–Kier alpha value is -2.18. The summed E-state index contributed by atoms with van der Waals surface area (Å²) in [5, 5.41) is 16.2. The molecule has 0 fully saturated rings. The van der Waals surface area contributed by atoms with Gasteiger partial charge < -0.3 is 5.32 Å². The number of nitro groups is 1. The molecule has 0 aliphatic rings. The van der Waals surface area contributed by atoms with Crippen molar-refractivity contribution in [3.8, 4) is 0 Å². The average molecular weight is 253 g/mol. The van der Waals surface area contributed by atoms with E-state index in [0.717, 1.165) is 0 Å². The number of carbonyl (C=O) groups excluding carboxylic acids is 1. The summed E-state index contributed by atoms with van der Waals surface area (Å²) >= 11 is 0. The van der Waals surface area contributed by atoms with Crippen molar-refractivity contribution >= 4 is 17.4 Å². The number of nitrogens with one attached hydrogen (secondary N) is 3. The van der Waals surface area contributed by atoms with Gasteiger partial charge in [-0.1, -0.05) is 0 Å². The van der Waals surface area contributed by atoms with Crippen LogP contribution in [0.25, 0.3) is 0 Å². The number of H-pyrrole nitrogens is 1. The van der Waals surface area contributed by atoms with Crippen LogP contribution >= 0.6 is 0 Å². The van der Waals surface area contributed by atoms with E-state index >= 15 is 0 Å². The molecule has 0 aliphatic carbocycles. The van der Waals surface area contributed by atoms with Crippen LogP contribution in [0.15, 0.2) is 18.3 Å². The molecular formula is C11H17N4O3+. The van der Waals surface area contributed by atoms with Crippen molar-refractivity contribution in [2.24, 2.45) is 0 Å². The second-order valence-electron chi connectivity index (χ2n) is 4.84. The molecular weight excluding hydrogens is 236 g/mol. The van der Waals surface area contributed by atoms with Crippen LogP contribution in [0.5, 0.6) is 0 Å². The summed E-state index contributed by atoms with van der Waals surface area (Å²) in [5.41, 5.74) is -0.425. The number of nitrogens with zero attached hydrogens (tertiary/aromatic N) is 1. The van der Waals surface area contributed by atoms with Crippen LogP contribution in [0.1, 0.15) is 20.8 Å². The lowest BCUT2D eigenvalue weighted by atomic mass is 10.1. The first-order valence-electron chi connectivity index (χ1n) is 5.49. The molecule has 7 heteroatoms. The van der Waals surface area contributed by atoms with Crippen LogP contribution in [-0.2, 0) is 4.79 Å². The minimum absolute atomic E-state index is 0.0291. The van der Waals surface area contributed by atoms with E-state index < -0.39 is 4.92 Å². The molecule has 1 heterocycles. The highest BCUT2D eigenvalue weighted by atomic mass is 16.6. The molecule has 0 aliphatic heterocycles. The van der Waals surface area contributed by atoms with Crippen LogP contribution in [0.4, 0.5) is 11.5 Å². The van der Waals surface area contributed by atoms with E-state index in [0.29, 0.717) is 0 Å². The van der Waals surface area contributed by atoms with Crippen molar-refractivity contribution in [2.75, 3.05) is 11.9 Å².